The number of hydrogen-bond acceptors (Lipinski definition) is 3. The van der Waals surface area contributed by atoms with E-state index in [1.807, 2.05) is 30.1 Å². The van der Waals surface area contributed by atoms with Crippen LogP contribution in [0.2, 0.25) is 5.15 Å². The fraction of sp³-hybridized carbons (Fsp3) is 0.167. The van der Waals surface area contributed by atoms with Crippen LogP contribution in [0.3, 0.4) is 0 Å². The van der Waals surface area contributed by atoms with E-state index < -0.39 is 0 Å². The van der Waals surface area contributed by atoms with E-state index in [2.05, 4.69) is 22.1 Å². The van der Waals surface area contributed by atoms with Gasteiger partial charge in [-0.3, -0.25) is 4.98 Å². The minimum atomic E-state index is 0.414. The van der Waals surface area contributed by atoms with Gasteiger partial charge in [0.25, 0.3) is 0 Å². The Morgan fingerprint density at radius 3 is 2.62 bits per heavy atom. The van der Waals surface area contributed by atoms with Gasteiger partial charge in [0.15, 0.2) is 0 Å². The molecule has 1 aromatic heterocycles. The van der Waals surface area contributed by atoms with Crippen LogP contribution < -0.4 is 4.90 Å². The normalized spacial score (nSPS) is 10.1. The Labute approximate surface area is 99.7 Å². The van der Waals surface area contributed by atoms with Crippen molar-refractivity contribution in [2.75, 3.05) is 11.9 Å². The highest BCUT2D eigenvalue weighted by atomic mass is 35.5. The topological polar surface area (TPSA) is 29.0 Å². The first-order valence-corrected chi connectivity index (χ1v) is 5.36. The lowest BCUT2D eigenvalue weighted by molar-refractivity contribution is 0.890. The summed E-state index contributed by atoms with van der Waals surface area (Å²) >= 11 is 5.79. The first kappa shape index (κ1) is 10.9. The molecular weight excluding hydrogens is 222 g/mol. The second kappa shape index (κ2) is 4.94. The maximum absolute atomic E-state index is 5.79. The molecule has 0 unspecified atom stereocenters. The van der Waals surface area contributed by atoms with Crippen molar-refractivity contribution in [1.29, 1.82) is 0 Å². The number of benzene rings is 1. The van der Waals surface area contributed by atoms with Crippen LogP contribution in [0.15, 0.2) is 42.7 Å². The highest BCUT2D eigenvalue weighted by molar-refractivity contribution is 6.29. The first-order chi connectivity index (χ1) is 7.75. The van der Waals surface area contributed by atoms with E-state index in [-0.39, 0.29) is 0 Å². The van der Waals surface area contributed by atoms with E-state index in [9.17, 15) is 0 Å². The molecule has 1 heterocycles. The first-order valence-electron chi connectivity index (χ1n) is 4.98. The number of hydrogen-bond donors (Lipinski definition) is 0. The largest absolute Gasteiger partial charge is 0.354 e. The molecule has 0 spiro atoms. The molecule has 0 amide bonds. The Morgan fingerprint density at radius 2 is 1.94 bits per heavy atom. The van der Waals surface area contributed by atoms with Crippen molar-refractivity contribution in [1.82, 2.24) is 9.97 Å². The predicted octanol–water partition coefficient (Wildman–Crippen LogP) is 2.77. The van der Waals surface area contributed by atoms with Crippen molar-refractivity contribution in [3.8, 4) is 0 Å². The maximum atomic E-state index is 5.79. The molecule has 0 aliphatic rings. The molecule has 0 saturated heterocycles. The van der Waals surface area contributed by atoms with Crippen molar-refractivity contribution in [3.05, 3.63) is 53.4 Å². The van der Waals surface area contributed by atoms with E-state index >= 15 is 0 Å². The van der Waals surface area contributed by atoms with Crippen molar-refractivity contribution >= 4 is 17.4 Å². The molecule has 0 aliphatic heterocycles. The Balaban J connectivity index is 2.12. The zero-order valence-corrected chi connectivity index (χ0v) is 9.72. The van der Waals surface area contributed by atoms with Crippen molar-refractivity contribution < 1.29 is 0 Å². The third kappa shape index (κ3) is 2.70. The second-order valence-electron chi connectivity index (χ2n) is 3.54. The molecule has 0 bridgehead atoms. The van der Waals surface area contributed by atoms with Gasteiger partial charge in [0.2, 0.25) is 0 Å². The molecular formula is C12H12ClN3. The van der Waals surface area contributed by atoms with Crippen LogP contribution >= 0.6 is 11.6 Å². The molecule has 82 valence electrons. The van der Waals surface area contributed by atoms with Crippen LogP contribution in [0.25, 0.3) is 0 Å². The zero-order chi connectivity index (χ0) is 11.4. The molecule has 0 N–H and O–H groups in total. The highest BCUT2D eigenvalue weighted by Gasteiger charge is 2.04. The Hall–Kier alpha value is -1.61. The van der Waals surface area contributed by atoms with Crippen molar-refractivity contribution in [2.45, 2.75) is 6.54 Å². The Kier molecular flexibility index (Phi) is 3.37. The van der Waals surface area contributed by atoms with Crippen LogP contribution in [0, 0.1) is 0 Å². The fourth-order valence-electron chi connectivity index (χ4n) is 1.45. The lowest BCUT2D eigenvalue weighted by atomic mass is 10.2. The lowest BCUT2D eigenvalue weighted by Gasteiger charge is -2.17. The van der Waals surface area contributed by atoms with Gasteiger partial charge in [-0.15, -0.1) is 0 Å². The van der Waals surface area contributed by atoms with Gasteiger partial charge in [-0.05, 0) is 5.56 Å². The molecule has 1 aromatic carbocycles. The quantitative estimate of drug-likeness (QED) is 0.816. The summed E-state index contributed by atoms with van der Waals surface area (Å²) in [6.07, 6.45) is 3.23. The van der Waals surface area contributed by atoms with Gasteiger partial charge in [-0.25, -0.2) is 4.98 Å². The molecule has 0 fully saturated rings. The van der Waals surface area contributed by atoms with Gasteiger partial charge < -0.3 is 4.90 Å². The summed E-state index contributed by atoms with van der Waals surface area (Å²) < 4.78 is 0. The van der Waals surface area contributed by atoms with Gasteiger partial charge in [0, 0.05) is 13.6 Å². The molecule has 0 atom stereocenters. The van der Waals surface area contributed by atoms with Gasteiger partial charge >= 0.3 is 0 Å². The van der Waals surface area contributed by atoms with Gasteiger partial charge in [0.1, 0.15) is 11.0 Å². The fourth-order valence-corrected chi connectivity index (χ4v) is 1.60. The van der Waals surface area contributed by atoms with Crippen molar-refractivity contribution in [3.63, 3.8) is 0 Å². The summed E-state index contributed by atoms with van der Waals surface area (Å²) in [6, 6.07) is 10.2. The molecule has 2 rings (SSSR count). The monoisotopic (exact) mass is 233 g/mol. The Bertz CT molecular complexity index is 459. The van der Waals surface area contributed by atoms with E-state index in [4.69, 9.17) is 11.6 Å². The smallest absolute Gasteiger partial charge is 0.149 e. The molecule has 0 saturated carbocycles. The van der Waals surface area contributed by atoms with E-state index in [1.165, 1.54) is 11.8 Å². The molecule has 4 heteroatoms. The number of nitrogens with zero attached hydrogens (tertiary/aromatic N) is 3. The molecule has 16 heavy (non-hydrogen) atoms. The number of aromatic nitrogens is 2. The predicted molar refractivity (Wildman–Crippen MR) is 65.6 cm³/mol. The molecule has 0 radical (unpaired) electrons. The minimum absolute atomic E-state index is 0.414. The summed E-state index contributed by atoms with van der Waals surface area (Å²) in [5.74, 6) is 0.774. The van der Waals surface area contributed by atoms with E-state index in [1.54, 1.807) is 6.20 Å². The SMILES string of the molecule is CN(Cc1ccccc1)c1cncc(Cl)n1. The maximum Gasteiger partial charge on any atom is 0.149 e. The number of halogens is 1. The molecule has 2 aromatic rings. The second-order valence-corrected chi connectivity index (χ2v) is 3.93. The number of anilines is 1. The summed E-state index contributed by atoms with van der Waals surface area (Å²) in [5.41, 5.74) is 1.23. The highest BCUT2D eigenvalue weighted by Crippen LogP contribution is 2.13. The summed E-state index contributed by atoms with van der Waals surface area (Å²) in [7, 11) is 1.97. The standard InChI is InChI=1S/C12H12ClN3/c1-16(9-10-5-3-2-4-6-10)12-8-14-7-11(13)15-12/h2-8H,9H2,1H3. The van der Waals surface area contributed by atoms with Crippen LogP contribution in [-0.4, -0.2) is 17.0 Å². The van der Waals surface area contributed by atoms with Crippen molar-refractivity contribution in [2.24, 2.45) is 0 Å². The third-order valence-corrected chi connectivity index (χ3v) is 2.43. The summed E-state index contributed by atoms with van der Waals surface area (Å²) in [4.78, 5) is 10.2. The summed E-state index contributed by atoms with van der Waals surface area (Å²) in [6.45, 7) is 0.788. The van der Waals surface area contributed by atoms with E-state index in [0.717, 1.165) is 12.4 Å². The third-order valence-electron chi connectivity index (χ3n) is 2.25. The summed E-state index contributed by atoms with van der Waals surface area (Å²) in [5, 5.41) is 0.414. The Morgan fingerprint density at radius 1 is 1.19 bits per heavy atom. The molecule has 3 nitrogen and oxygen atoms in total. The van der Waals surface area contributed by atoms with Crippen LogP contribution in [-0.2, 0) is 6.54 Å². The van der Waals surface area contributed by atoms with Gasteiger partial charge in [-0.1, -0.05) is 41.9 Å². The molecule has 0 aliphatic carbocycles. The van der Waals surface area contributed by atoms with Gasteiger partial charge in [-0.2, -0.15) is 0 Å². The zero-order valence-electron chi connectivity index (χ0n) is 8.97. The van der Waals surface area contributed by atoms with E-state index in [0.29, 0.717) is 5.15 Å². The average Bonchev–Trinajstić information content (AvgIpc) is 2.30. The van der Waals surface area contributed by atoms with Crippen LogP contribution in [0.4, 0.5) is 5.82 Å². The number of rotatable bonds is 3. The van der Waals surface area contributed by atoms with Crippen LogP contribution in [0.1, 0.15) is 5.56 Å². The van der Waals surface area contributed by atoms with Gasteiger partial charge in [0.05, 0.1) is 12.4 Å². The van der Waals surface area contributed by atoms with Crippen LogP contribution in [0.5, 0.6) is 0 Å². The lowest BCUT2D eigenvalue weighted by Crippen LogP contribution is -2.17. The minimum Gasteiger partial charge on any atom is -0.354 e. The average molecular weight is 234 g/mol.